The molecule has 0 aromatic carbocycles. The fourth-order valence-corrected chi connectivity index (χ4v) is 3.83. The van der Waals surface area contributed by atoms with E-state index in [2.05, 4.69) is 0 Å². The lowest BCUT2D eigenvalue weighted by molar-refractivity contribution is -0.139. The predicted octanol–water partition coefficient (Wildman–Crippen LogP) is -2.65. The maximum Gasteiger partial charge on any atom is 0.324 e. The standard InChI is InChI=1S/C5H11NO7S2/c1-14(10,11)3-15(12,13)6-4(2-7)5(8)9/h4,6-7H,2-3H2,1H3,(H,8,9)/t4-/m1/s1. The minimum absolute atomic E-state index is 0.695. The number of carboxylic acid groups (broad SMARTS) is 1. The van der Waals surface area contributed by atoms with Crippen molar-refractivity contribution in [1.29, 1.82) is 0 Å². The highest BCUT2D eigenvalue weighted by molar-refractivity contribution is 8.06. The number of sulfonamides is 1. The zero-order valence-corrected chi connectivity index (χ0v) is 9.38. The van der Waals surface area contributed by atoms with Gasteiger partial charge in [0.25, 0.3) is 0 Å². The number of rotatable bonds is 6. The second kappa shape index (κ2) is 4.88. The van der Waals surface area contributed by atoms with Crippen LogP contribution in [0.15, 0.2) is 0 Å². The number of aliphatic hydroxyl groups excluding tert-OH is 1. The third kappa shape index (κ3) is 6.38. The first-order valence-corrected chi connectivity index (χ1v) is 7.30. The first kappa shape index (κ1) is 14.3. The molecule has 1 atom stereocenters. The van der Waals surface area contributed by atoms with E-state index in [1.807, 2.05) is 0 Å². The van der Waals surface area contributed by atoms with Crippen LogP contribution in [0.4, 0.5) is 0 Å². The Labute approximate surface area is 86.9 Å². The molecule has 0 fully saturated rings. The molecule has 0 aromatic heterocycles. The molecule has 0 bridgehead atoms. The molecule has 0 spiro atoms. The third-order valence-corrected chi connectivity index (χ3v) is 4.77. The van der Waals surface area contributed by atoms with Crippen molar-refractivity contribution >= 4 is 25.8 Å². The van der Waals surface area contributed by atoms with E-state index in [9.17, 15) is 21.6 Å². The topological polar surface area (TPSA) is 138 Å². The minimum Gasteiger partial charge on any atom is -0.480 e. The van der Waals surface area contributed by atoms with Crippen molar-refractivity contribution in [3.05, 3.63) is 0 Å². The van der Waals surface area contributed by atoms with Gasteiger partial charge in [-0.2, -0.15) is 4.72 Å². The van der Waals surface area contributed by atoms with Gasteiger partial charge in [-0.25, -0.2) is 16.8 Å². The lowest BCUT2D eigenvalue weighted by Crippen LogP contribution is -2.45. The van der Waals surface area contributed by atoms with Gasteiger partial charge in [-0.3, -0.25) is 4.79 Å². The van der Waals surface area contributed by atoms with Gasteiger partial charge in [0.2, 0.25) is 10.0 Å². The zero-order chi connectivity index (χ0) is 12.3. The van der Waals surface area contributed by atoms with Crippen LogP contribution in [0.3, 0.4) is 0 Å². The maximum absolute atomic E-state index is 11.1. The molecular weight excluding hydrogens is 250 g/mol. The number of nitrogens with one attached hydrogen (secondary N) is 1. The number of carbonyl (C=O) groups is 1. The number of sulfone groups is 1. The zero-order valence-electron chi connectivity index (χ0n) is 7.74. The highest BCUT2D eigenvalue weighted by atomic mass is 32.3. The molecule has 0 amide bonds. The van der Waals surface area contributed by atoms with Gasteiger partial charge in [-0.1, -0.05) is 0 Å². The van der Waals surface area contributed by atoms with E-state index in [4.69, 9.17) is 10.2 Å². The summed E-state index contributed by atoms with van der Waals surface area (Å²) in [5, 5.41) is 15.7. The van der Waals surface area contributed by atoms with E-state index in [1.54, 1.807) is 4.72 Å². The van der Waals surface area contributed by atoms with Crippen LogP contribution in [-0.4, -0.2) is 57.0 Å². The molecule has 0 aliphatic carbocycles. The number of hydrogen-bond donors (Lipinski definition) is 3. The van der Waals surface area contributed by atoms with Gasteiger partial charge in [0.1, 0.15) is 6.04 Å². The van der Waals surface area contributed by atoms with Gasteiger partial charge >= 0.3 is 5.97 Å². The Morgan fingerprint density at radius 2 is 1.80 bits per heavy atom. The first-order chi connectivity index (χ1) is 6.57. The molecule has 0 heterocycles. The van der Waals surface area contributed by atoms with Crippen molar-refractivity contribution in [2.75, 3.05) is 17.9 Å². The van der Waals surface area contributed by atoms with Gasteiger partial charge in [0.05, 0.1) is 6.61 Å². The SMILES string of the molecule is CS(=O)(=O)CS(=O)(=O)N[C@H](CO)C(=O)O. The Bertz CT molecular complexity index is 422. The van der Waals surface area contributed by atoms with E-state index < -0.39 is 43.6 Å². The van der Waals surface area contributed by atoms with E-state index in [0.717, 1.165) is 0 Å². The van der Waals surface area contributed by atoms with Crippen LogP contribution < -0.4 is 4.72 Å². The Hall–Kier alpha value is -0.710. The molecule has 0 aliphatic heterocycles. The Morgan fingerprint density at radius 3 is 2.07 bits per heavy atom. The molecule has 10 heteroatoms. The Kier molecular flexibility index (Phi) is 4.65. The molecule has 0 saturated heterocycles. The normalized spacial score (nSPS) is 14.8. The molecule has 90 valence electrons. The van der Waals surface area contributed by atoms with E-state index in [1.165, 1.54) is 0 Å². The lowest BCUT2D eigenvalue weighted by Gasteiger charge is -2.11. The van der Waals surface area contributed by atoms with Crippen molar-refractivity contribution in [3.8, 4) is 0 Å². The third-order valence-electron chi connectivity index (χ3n) is 1.17. The van der Waals surface area contributed by atoms with Crippen molar-refractivity contribution in [2.45, 2.75) is 6.04 Å². The van der Waals surface area contributed by atoms with Gasteiger partial charge in [-0.05, 0) is 0 Å². The molecule has 3 N–H and O–H groups in total. The number of carboxylic acids is 1. The largest absolute Gasteiger partial charge is 0.480 e. The Morgan fingerprint density at radius 1 is 1.33 bits per heavy atom. The molecule has 0 unspecified atom stereocenters. The van der Waals surface area contributed by atoms with Crippen LogP contribution in [0.25, 0.3) is 0 Å². The number of hydrogen-bond acceptors (Lipinski definition) is 6. The van der Waals surface area contributed by atoms with Crippen molar-refractivity contribution in [1.82, 2.24) is 4.72 Å². The summed E-state index contributed by atoms with van der Waals surface area (Å²) in [6.07, 6.45) is 0.695. The molecule has 8 nitrogen and oxygen atoms in total. The second-order valence-corrected chi connectivity index (χ2v) is 7.11. The van der Waals surface area contributed by atoms with Crippen molar-refractivity contribution in [2.24, 2.45) is 0 Å². The molecule has 0 aromatic rings. The van der Waals surface area contributed by atoms with E-state index in [-0.39, 0.29) is 0 Å². The van der Waals surface area contributed by atoms with Crippen LogP contribution in [-0.2, 0) is 24.7 Å². The van der Waals surface area contributed by atoms with Crippen LogP contribution in [0.1, 0.15) is 0 Å². The summed E-state index contributed by atoms with van der Waals surface area (Å²) >= 11 is 0. The Balaban J connectivity index is 4.72. The highest BCUT2D eigenvalue weighted by Gasteiger charge is 2.25. The van der Waals surface area contributed by atoms with Crippen molar-refractivity contribution < 1.29 is 31.8 Å². The maximum atomic E-state index is 11.1. The van der Waals surface area contributed by atoms with Crippen LogP contribution in [0.2, 0.25) is 0 Å². The van der Waals surface area contributed by atoms with Gasteiger partial charge in [0.15, 0.2) is 14.9 Å². The summed E-state index contributed by atoms with van der Waals surface area (Å²) in [6, 6.07) is -1.74. The summed E-state index contributed by atoms with van der Waals surface area (Å²) < 4.78 is 45.0. The van der Waals surface area contributed by atoms with Gasteiger partial charge < -0.3 is 10.2 Å². The molecule has 0 saturated carbocycles. The summed E-state index contributed by atoms with van der Waals surface area (Å²) in [7, 11) is -8.06. The highest BCUT2D eigenvalue weighted by Crippen LogP contribution is 1.95. The monoisotopic (exact) mass is 261 g/mol. The smallest absolute Gasteiger partial charge is 0.324 e. The van der Waals surface area contributed by atoms with E-state index >= 15 is 0 Å². The number of aliphatic carboxylic acids is 1. The average Bonchev–Trinajstić information content (AvgIpc) is 1.94. The summed E-state index contributed by atoms with van der Waals surface area (Å²) in [4.78, 5) is 10.3. The summed E-state index contributed by atoms with van der Waals surface area (Å²) in [6.45, 7) is -0.960. The molecule has 15 heavy (non-hydrogen) atoms. The van der Waals surface area contributed by atoms with Gasteiger partial charge in [0, 0.05) is 6.26 Å². The second-order valence-electron chi connectivity index (χ2n) is 2.85. The fourth-order valence-electron chi connectivity index (χ4n) is 0.698. The van der Waals surface area contributed by atoms with Crippen LogP contribution >= 0.6 is 0 Å². The summed E-state index contributed by atoms with van der Waals surface area (Å²) in [5.41, 5.74) is 0. The first-order valence-electron chi connectivity index (χ1n) is 3.59. The van der Waals surface area contributed by atoms with Crippen LogP contribution in [0.5, 0.6) is 0 Å². The fraction of sp³-hybridized carbons (Fsp3) is 0.800. The molecular formula is C5H11NO7S2. The van der Waals surface area contributed by atoms with E-state index in [0.29, 0.717) is 6.26 Å². The minimum atomic E-state index is -4.27. The number of aliphatic hydroxyl groups is 1. The van der Waals surface area contributed by atoms with Crippen molar-refractivity contribution in [3.63, 3.8) is 0 Å². The van der Waals surface area contributed by atoms with Gasteiger partial charge in [-0.15, -0.1) is 0 Å². The molecule has 0 rings (SSSR count). The predicted molar refractivity (Wildman–Crippen MR) is 50.3 cm³/mol. The molecule has 0 radical (unpaired) electrons. The molecule has 0 aliphatic rings. The quantitative estimate of drug-likeness (QED) is 0.475. The van der Waals surface area contributed by atoms with Crippen LogP contribution in [0, 0.1) is 0 Å². The lowest BCUT2D eigenvalue weighted by atomic mass is 10.3. The summed E-state index contributed by atoms with van der Waals surface area (Å²) in [5.74, 6) is -1.59. The average molecular weight is 261 g/mol.